The average molecular weight is 304 g/mol. The molecule has 21 heavy (non-hydrogen) atoms. The van der Waals surface area contributed by atoms with E-state index in [1.165, 1.54) is 6.07 Å². The van der Waals surface area contributed by atoms with Gasteiger partial charge in [-0.15, -0.1) is 0 Å². The van der Waals surface area contributed by atoms with E-state index in [0.717, 1.165) is 11.1 Å². The minimum Gasteiger partial charge on any atom is -0.398 e. The van der Waals surface area contributed by atoms with Gasteiger partial charge in [0.1, 0.15) is 4.90 Å². The first kappa shape index (κ1) is 15.4. The average Bonchev–Trinajstić information content (AvgIpc) is 2.37. The molecule has 0 amide bonds. The van der Waals surface area contributed by atoms with Crippen LogP contribution in [0.15, 0.2) is 47.4 Å². The van der Waals surface area contributed by atoms with E-state index in [-0.39, 0.29) is 10.6 Å². The highest BCUT2D eigenvalue weighted by atomic mass is 32.2. The molecule has 0 saturated carbocycles. The smallest absolute Gasteiger partial charge is 0.263 e. The fraction of sp³-hybridized carbons (Fsp3) is 0.250. The Kier molecular flexibility index (Phi) is 4.23. The molecule has 0 atom stereocenters. The highest BCUT2D eigenvalue weighted by Crippen LogP contribution is 2.24. The summed E-state index contributed by atoms with van der Waals surface area (Å²) in [5.41, 5.74) is 8.62. The maximum atomic E-state index is 12.4. The van der Waals surface area contributed by atoms with E-state index in [0.29, 0.717) is 11.6 Å². The van der Waals surface area contributed by atoms with Crippen LogP contribution in [0.1, 0.15) is 30.9 Å². The van der Waals surface area contributed by atoms with Gasteiger partial charge in [-0.25, -0.2) is 8.42 Å². The standard InChI is InChI=1S/C16H20N2O2S/c1-11(2)13-5-4-6-14(10-13)18-21(19,20)16-8-7-12(3)9-15(16)17/h4-11,18H,17H2,1-3H3. The molecular weight excluding hydrogens is 284 g/mol. The quantitative estimate of drug-likeness (QED) is 0.849. The van der Waals surface area contributed by atoms with Gasteiger partial charge in [0.25, 0.3) is 10.0 Å². The summed E-state index contributed by atoms with van der Waals surface area (Å²) in [5.74, 6) is 0.332. The Morgan fingerprint density at radius 2 is 1.81 bits per heavy atom. The summed E-state index contributed by atoms with van der Waals surface area (Å²) in [6.07, 6.45) is 0. The first-order chi connectivity index (χ1) is 9.79. The van der Waals surface area contributed by atoms with Crippen LogP contribution in [0.5, 0.6) is 0 Å². The third-order valence-corrected chi connectivity index (χ3v) is 4.72. The van der Waals surface area contributed by atoms with E-state index in [2.05, 4.69) is 18.6 Å². The number of nitrogens with one attached hydrogen (secondary N) is 1. The fourth-order valence-corrected chi connectivity index (χ4v) is 3.25. The van der Waals surface area contributed by atoms with Crippen LogP contribution in [-0.2, 0) is 10.0 Å². The summed E-state index contributed by atoms with van der Waals surface area (Å²) < 4.78 is 27.4. The molecule has 0 spiro atoms. The zero-order valence-electron chi connectivity index (χ0n) is 12.4. The molecule has 3 N–H and O–H groups in total. The Morgan fingerprint density at radius 3 is 2.43 bits per heavy atom. The molecule has 0 fully saturated rings. The SMILES string of the molecule is Cc1ccc(S(=O)(=O)Nc2cccc(C(C)C)c2)c(N)c1. The number of nitrogen functional groups attached to an aromatic ring is 1. The highest BCUT2D eigenvalue weighted by Gasteiger charge is 2.17. The van der Waals surface area contributed by atoms with Gasteiger partial charge in [-0.3, -0.25) is 4.72 Å². The second kappa shape index (κ2) is 5.77. The molecule has 112 valence electrons. The second-order valence-electron chi connectivity index (χ2n) is 5.43. The lowest BCUT2D eigenvalue weighted by Gasteiger charge is -2.12. The summed E-state index contributed by atoms with van der Waals surface area (Å²) in [6, 6.07) is 12.3. The van der Waals surface area contributed by atoms with Crippen LogP contribution in [0, 0.1) is 6.92 Å². The van der Waals surface area contributed by atoms with Crippen molar-refractivity contribution < 1.29 is 8.42 Å². The lowest BCUT2D eigenvalue weighted by molar-refractivity contribution is 0.601. The number of hydrogen-bond donors (Lipinski definition) is 2. The van der Waals surface area contributed by atoms with Crippen molar-refractivity contribution in [3.63, 3.8) is 0 Å². The van der Waals surface area contributed by atoms with Crippen LogP contribution in [0.4, 0.5) is 11.4 Å². The Balaban J connectivity index is 2.35. The lowest BCUT2D eigenvalue weighted by atomic mass is 10.0. The maximum absolute atomic E-state index is 12.4. The molecule has 0 aliphatic carbocycles. The monoisotopic (exact) mass is 304 g/mol. The number of hydrogen-bond acceptors (Lipinski definition) is 3. The lowest BCUT2D eigenvalue weighted by Crippen LogP contribution is -2.15. The van der Waals surface area contributed by atoms with E-state index in [4.69, 9.17) is 5.73 Å². The third kappa shape index (κ3) is 3.55. The molecule has 0 aliphatic rings. The Morgan fingerprint density at radius 1 is 1.10 bits per heavy atom. The fourth-order valence-electron chi connectivity index (χ4n) is 2.08. The van der Waals surface area contributed by atoms with Crippen LogP contribution < -0.4 is 10.5 Å². The first-order valence-corrected chi connectivity index (χ1v) is 8.27. The van der Waals surface area contributed by atoms with Crippen LogP contribution in [-0.4, -0.2) is 8.42 Å². The van der Waals surface area contributed by atoms with Gasteiger partial charge in [-0.05, 0) is 48.2 Å². The zero-order chi connectivity index (χ0) is 15.6. The van der Waals surface area contributed by atoms with Gasteiger partial charge >= 0.3 is 0 Å². The van der Waals surface area contributed by atoms with E-state index >= 15 is 0 Å². The van der Waals surface area contributed by atoms with Gasteiger partial charge in [0.05, 0.1) is 5.69 Å². The van der Waals surface area contributed by atoms with Gasteiger partial charge in [0, 0.05) is 5.69 Å². The minimum absolute atomic E-state index is 0.100. The van der Waals surface area contributed by atoms with Crippen molar-refractivity contribution in [2.45, 2.75) is 31.6 Å². The molecule has 2 aromatic rings. The van der Waals surface area contributed by atoms with Crippen molar-refractivity contribution in [3.05, 3.63) is 53.6 Å². The normalized spacial score (nSPS) is 11.6. The number of rotatable bonds is 4. The Bertz CT molecular complexity index is 753. The summed E-state index contributed by atoms with van der Waals surface area (Å²) >= 11 is 0. The third-order valence-electron chi connectivity index (χ3n) is 3.26. The van der Waals surface area contributed by atoms with Crippen molar-refractivity contribution in [3.8, 4) is 0 Å². The number of anilines is 2. The molecule has 2 rings (SSSR count). The van der Waals surface area contributed by atoms with E-state index in [1.807, 2.05) is 25.1 Å². The van der Waals surface area contributed by atoms with Crippen molar-refractivity contribution in [1.29, 1.82) is 0 Å². The molecule has 0 unspecified atom stereocenters. The first-order valence-electron chi connectivity index (χ1n) is 6.78. The van der Waals surface area contributed by atoms with Gasteiger partial charge < -0.3 is 5.73 Å². The number of sulfonamides is 1. The summed E-state index contributed by atoms with van der Waals surface area (Å²) in [6.45, 7) is 5.99. The maximum Gasteiger partial charge on any atom is 0.263 e. The van der Waals surface area contributed by atoms with Crippen LogP contribution >= 0.6 is 0 Å². The van der Waals surface area contributed by atoms with Crippen molar-refractivity contribution >= 4 is 21.4 Å². The summed E-state index contributed by atoms with van der Waals surface area (Å²) in [7, 11) is -3.68. The molecule has 0 radical (unpaired) electrons. The van der Waals surface area contributed by atoms with E-state index in [9.17, 15) is 8.42 Å². The zero-order valence-corrected chi connectivity index (χ0v) is 13.2. The Labute approximate surface area is 126 Å². The molecule has 0 saturated heterocycles. The predicted octanol–water partition coefficient (Wildman–Crippen LogP) is 3.50. The van der Waals surface area contributed by atoms with Crippen LogP contribution in [0.25, 0.3) is 0 Å². The molecule has 0 aliphatic heterocycles. The molecule has 0 aromatic heterocycles. The molecule has 4 nitrogen and oxygen atoms in total. The number of benzene rings is 2. The van der Waals surface area contributed by atoms with Crippen molar-refractivity contribution in [1.82, 2.24) is 0 Å². The van der Waals surface area contributed by atoms with Gasteiger partial charge in [-0.1, -0.05) is 32.0 Å². The summed E-state index contributed by atoms with van der Waals surface area (Å²) in [5, 5.41) is 0. The van der Waals surface area contributed by atoms with Crippen molar-refractivity contribution in [2.75, 3.05) is 10.5 Å². The predicted molar refractivity (Wildman–Crippen MR) is 86.9 cm³/mol. The van der Waals surface area contributed by atoms with Gasteiger partial charge in [0.2, 0.25) is 0 Å². The topological polar surface area (TPSA) is 72.2 Å². The van der Waals surface area contributed by atoms with Gasteiger partial charge in [0.15, 0.2) is 0 Å². The molecule has 5 heteroatoms. The van der Waals surface area contributed by atoms with E-state index < -0.39 is 10.0 Å². The minimum atomic E-state index is -3.68. The molecule has 2 aromatic carbocycles. The van der Waals surface area contributed by atoms with Crippen LogP contribution in [0.2, 0.25) is 0 Å². The molecule has 0 heterocycles. The Hall–Kier alpha value is -2.01. The summed E-state index contributed by atoms with van der Waals surface area (Å²) in [4.78, 5) is 0.100. The highest BCUT2D eigenvalue weighted by molar-refractivity contribution is 7.92. The van der Waals surface area contributed by atoms with E-state index in [1.54, 1.807) is 18.2 Å². The van der Waals surface area contributed by atoms with Gasteiger partial charge in [-0.2, -0.15) is 0 Å². The number of aryl methyl sites for hydroxylation is 1. The largest absolute Gasteiger partial charge is 0.398 e. The van der Waals surface area contributed by atoms with Crippen LogP contribution in [0.3, 0.4) is 0 Å². The van der Waals surface area contributed by atoms with Crippen molar-refractivity contribution in [2.24, 2.45) is 0 Å². The molecular formula is C16H20N2O2S. The molecule has 0 bridgehead atoms. The second-order valence-corrected chi connectivity index (χ2v) is 7.08. The number of nitrogens with two attached hydrogens (primary N) is 1.